The topological polar surface area (TPSA) is 118 Å². The molecule has 0 aliphatic carbocycles. The van der Waals surface area contributed by atoms with E-state index in [9.17, 15) is 14.4 Å². The van der Waals surface area contributed by atoms with Gasteiger partial charge in [0.25, 0.3) is 5.91 Å². The summed E-state index contributed by atoms with van der Waals surface area (Å²) in [6, 6.07) is 10.0. The summed E-state index contributed by atoms with van der Waals surface area (Å²) in [5.41, 5.74) is 0.167. The average molecular weight is 433 g/mol. The zero-order valence-corrected chi connectivity index (χ0v) is 16.7. The van der Waals surface area contributed by atoms with Crippen molar-refractivity contribution in [3.05, 3.63) is 70.8 Å². The molecule has 0 saturated carbocycles. The van der Waals surface area contributed by atoms with Crippen molar-refractivity contribution in [2.24, 2.45) is 0 Å². The lowest BCUT2D eigenvalue weighted by Gasteiger charge is -2.15. The number of carbonyl (C=O) groups is 2. The molecule has 0 bridgehead atoms. The monoisotopic (exact) mass is 433 g/mol. The number of ether oxygens (including phenoxy) is 1. The van der Waals surface area contributed by atoms with Crippen LogP contribution in [0.15, 0.2) is 59.5 Å². The van der Waals surface area contributed by atoms with Gasteiger partial charge in [0.05, 0.1) is 13.2 Å². The van der Waals surface area contributed by atoms with E-state index in [0.717, 1.165) is 0 Å². The Labute approximate surface area is 176 Å². The molecule has 0 unspecified atom stereocenters. The Morgan fingerprint density at radius 2 is 2.13 bits per heavy atom. The van der Waals surface area contributed by atoms with E-state index in [1.54, 1.807) is 30.3 Å². The number of aromatic nitrogens is 2. The molecule has 3 rings (SSSR count). The van der Waals surface area contributed by atoms with Crippen LogP contribution >= 0.6 is 12.3 Å². The van der Waals surface area contributed by atoms with E-state index in [4.69, 9.17) is 8.92 Å². The number of anilines is 1. The van der Waals surface area contributed by atoms with Gasteiger partial charge in [-0.1, -0.05) is 24.8 Å². The molecular weight excluding hydrogens is 414 g/mol. The van der Waals surface area contributed by atoms with Crippen LogP contribution in [0.25, 0.3) is 0 Å². The first-order valence-electron chi connectivity index (χ1n) is 8.81. The molecule has 1 aliphatic rings. The zero-order chi connectivity index (χ0) is 21.5. The highest BCUT2D eigenvalue weighted by Crippen LogP contribution is 2.37. The highest BCUT2D eigenvalue weighted by molar-refractivity contribution is 7.89. The van der Waals surface area contributed by atoms with E-state index in [2.05, 4.69) is 26.1 Å². The molecule has 10 nitrogen and oxygen atoms in total. The summed E-state index contributed by atoms with van der Waals surface area (Å²) in [4.78, 5) is 44.1. The molecule has 11 heteroatoms. The number of nitrogens with one attached hydrogen (secondary N) is 1. The van der Waals surface area contributed by atoms with Crippen LogP contribution in [0, 0.1) is 0 Å². The SMILES string of the molecule is C=C1[C@@H](OSOOC)[C@@H](CC=O)O[C@H]1n1ccc(NC(=O)c2ccccc2)nc1=O. The quantitative estimate of drug-likeness (QED) is 0.158. The number of amides is 1. The maximum Gasteiger partial charge on any atom is 0.351 e. The van der Waals surface area contributed by atoms with Gasteiger partial charge >= 0.3 is 5.69 Å². The lowest BCUT2D eigenvalue weighted by molar-refractivity contribution is -0.168. The van der Waals surface area contributed by atoms with E-state index < -0.39 is 30.0 Å². The maximum atomic E-state index is 12.5. The Balaban J connectivity index is 1.75. The fourth-order valence-corrected chi connectivity index (χ4v) is 3.29. The number of aldehydes is 1. The van der Waals surface area contributed by atoms with Gasteiger partial charge in [-0.3, -0.25) is 13.5 Å². The molecule has 1 aromatic carbocycles. The standard InChI is InChI=1S/C19H19N3O7S/c1-12-16(28-30-29-26-2)14(9-11-23)27-18(12)22-10-8-15(21-19(22)25)20-17(24)13-6-4-3-5-7-13/h3-8,10-11,14,16,18H,1,9H2,2H3,(H,20,21,24,25)/t14-,16-,18-/m1/s1. The first-order chi connectivity index (χ1) is 14.5. The third-order valence-electron chi connectivity index (χ3n) is 4.25. The van der Waals surface area contributed by atoms with Crippen LogP contribution in [-0.2, 0) is 22.9 Å². The van der Waals surface area contributed by atoms with E-state index in [0.29, 0.717) is 29.7 Å². The van der Waals surface area contributed by atoms with Crippen molar-refractivity contribution < 1.29 is 27.7 Å². The number of hydrogen-bond donors (Lipinski definition) is 1. The Bertz CT molecular complexity index is 966. The molecule has 1 N–H and O–H groups in total. The van der Waals surface area contributed by atoms with Crippen LogP contribution in [0.2, 0.25) is 0 Å². The number of rotatable bonds is 9. The summed E-state index contributed by atoms with van der Waals surface area (Å²) < 4.78 is 17.0. The third kappa shape index (κ3) is 5.01. The number of benzene rings is 1. The molecule has 158 valence electrons. The highest BCUT2D eigenvalue weighted by atomic mass is 32.2. The summed E-state index contributed by atoms with van der Waals surface area (Å²) in [5, 5.41) is 2.57. The Hall–Kier alpha value is -2.83. The van der Waals surface area contributed by atoms with Crippen LogP contribution in [-0.4, -0.2) is 41.1 Å². The van der Waals surface area contributed by atoms with E-state index >= 15 is 0 Å². The minimum absolute atomic E-state index is 0.0289. The molecule has 1 fully saturated rings. The van der Waals surface area contributed by atoms with Crippen LogP contribution < -0.4 is 11.0 Å². The molecule has 0 radical (unpaired) electrons. The normalized spacial score (nSPS) is 20.8. The second-order valence-corrected chi connectivity index (χ2v) is 6.61. The molecular formula is C19H19N3O7S. The van der Waals surface area contributed by atoms with Crippen LogP contribution in [0.1, 0.15) is 23.0 Å². The smallest absolute Gasteiger partial charge is 0.347 e. The Kier molecular flexibility index (Phi) is 7.49. The van der Waals surface area contributed by atoms with Gasteiger partial charge in [0.1, 0.15) is 18.2 Å². The predicted octanol–water partition coefficient (Wildman–Crippen LogP) is 2.06. The average Bonchev–Trinajstić information content (AvgIpc) is 3.05. The molecule has 30 heavy (non-hydrogen) atoms. The third-order valence-corrected chi connectivity index (χ3v) is 4.73. The molecule has 3 atom stereocenters. The van der Waals surface area contributed by atoms with Crippen LogP contribution in [0.5, 0.6) is 0 Å². The number of hydrogen-bond acceptors (Lipinski definition) is 9. The second kappa shape index (κ2) is 10.3. The highest BCUT2D eigenvalue weighted by Gasteiger charge is 2.41. The first-order valence-corrected chi connectivity index (χ1v) is 9.48. The van der Waals surface area contributed by atoms with E-state index in [1.165, 1.54) is 23.9 Å². The fourth-order valence-electron chi connectivity index (χ4n) is 2.87. The molecule has 1 aromatic heterocycles. The van der Waals surface area contributed by atoms with Gasteiger partial charge in [0.15, 0.2) is 18.6 Å². The fraction of sp³-hybridized carbons (Fsp3) is 0.263. The largest absolute Gasteiger partial charge is 0.351 e. The molecule has 2 aromatic rings. The van der Waals surface area contributed by atoms with Crippen molar-refractivity contribution in [1.29, 1.82) is 0 Å². The summed E-state index contributed by atoms with van der Waals surface area (Å²) in [6.07, 6.45) is -0.155. The van der Waals surface area contributed by atoms with E-state index in [-0.39, 0.29) is 12.2 Å². The summed E-state index contributed by atoms with van der Waals surface area (Å²) >= 11 is 0.563. The lowest BCUT2D eigenvalue weighted by Crippen LogP contribution is -2.28. The van der Waals surface area contributed by atoms with E-state index in [1.807, 2.05) is 0 Å². The molecule has 1 amide bonds. The van der Waals surface area contributed by atoms with Gasteiger partial charge in [-0.2, -0.15) is 4.98 Å². The van der Waals surface area contributed by atoms with Crippen molar-refractivity contribution in [1.82, 2.24) is 9.55 Å². The molecule has 1 aliphatic heterocycles. The van der Waals surface area contributed by atoms with Gasteiger partial charge < -0.3 is 14.8 Å². The molecule has 2 heterocycles. The predicted molar refractivity (Wildman–Crippen MR) is 107 cm³/mol. The Morgan fingerprint density at radius 3 is 2.80 bits per heavy atom. The summed E-state index contributed by atoms with van der Waals surface area (Å²) in [7, 11) is 1.31. The molecule has 0 spiro atoms. The van der Waals surface area contributed by atoms with Crippen molar-refractivity contribution in [2.75, 3.05) is 12.4 Å². The van der Waals surface area contributed by atoms with Crippen LogP contribution in [0.3, 0.4) is 0 Å². The van der Waals surface area contributed by atoms with Gasteiger partial charge in [-0.05, 0) is 18.2 Å². The second-order valence-electron chi connectivity index (χ2n) is 6.15. The number of carbonyl (C=O) groups excluding carboxylic acids is 2. The number of nitrogens with zero attached hydrogens (tertiary/aromatic N) is 2. The van der Waals surface area contributed by atoms with Gasteiger partial charge in [-0.15, -0.1) is 4.33 Å². The summed E-state index contributed by atoms with van der Waals surface area (Å²) in [5.74, 6) is -0.300. The Morgan fingerprint density at radius 1 is 1.37 bits per heavy atom. The van der Waals surface area contributed by atoms with Crippen LogP contribution in [0.4, 0.5) is 5.82 Å². The van der Waals surface area contributed by atoms with Crippen molar-refractivity contribution in [3.63, 3.8) is 0 Å². The minimum atomic E-state index is -0.901. The lowest BCUT2D eigenvalue weighted by atomic mass is 10.1. The van der Waals surface area contributed by atoms with Gasteiger partial charge in [0.2, 0.25) is 0 Å². The summed E-state index contributed by atoms with van der Waals surface area (Å²) in [6.45, 7) is 3.92. The zero-order valence-electron chi connectivity index (χ0n) is 15.9. The van der Waals surface area contributed by atoms with Crippen molar-refractivity contribution in [2.45, 2.75) is 24.9 Å². The van der Waals surface area contributed by atoms with Crippen molar-refractivity contribution in [3.8, 4) is 0 Å². The molecule has 1 saturated heterocycles. The van der Waals surface area contributed by atoms with Gasteiger partial charge in [0, 0.05) is 23.8 Å². The maximum absolute atomic E-state index is 12.5. The first kappa shape index (κ1) is 21.9. The van der Waals surface area contributed by atoms with Gasteiger partial charge in [-0.25, -0.2) is 9.68 Å². The minimum Gasteiger partial charge on any atom is -0.347 e. The van der Waals surface area contributed by atoms with Crippen molar-refractivity contribution >= 4 is 30.3 Å².